The van der Waals surface area contributed by atoms with Gasteiger partial charge in [-0.2, -0.15) is 5.10 Å². The number of carbonyl (C=O) groups is 2. The van der Waals surface area contributed by atoms with Crippen molar-refractivity contribution in [2.75, 3.05) is 17.7 Å². The number of aromatic nitrogens is 3. The van der Waals surface area contributed by atoms with Crippen molar-refractivity contribution in [2.24, 2.45) is 0 Å². The summed E-state index contributed by atoms with van der Waals surface area (Å²) < 4.78 is 7.39. The van der Waals surface area contributed by atoms with Crippen molar-refractivity contribution in [3.05, 3.63) is 95.6 Å². The molecule has 0 spiro atoms. The van der Waals surface area contributed by atoms with E-state index >= 15 is 0 Å². The number of amides is 2. The number of ether oxygens (including phenoxy) is 1. The number of para-hydroxylation sites is 1. The van der Waals surface area contributed by atoms with Crippen LogP contribution in [-0.2, 0) is 12.8 Å². The Morgan fingerprint density at radius 1 is 0.917 bits per heavy atom. The van der Waals surface area contributed by atoms with E-state index in [2.05, 4.69) is 15.6 Å². The molecule has 8 nitrogen and oxygen atoms in total. The van der Waals surface area contributed by atoms with Crippen LogP contribution >= 0.6 is 0 Å². The van der Waals surface area contributed by atoms with Crippen LogP contribution in [0, 0.1) is 0 Å². The predicted molar refractivity (Wildman–Crippen MR) is 138 cm³/mol. The molecule has 4 aromatic rings. The second-order valence-corrected chi connectivity index (χ2v) is 8.65. The van der Waals surface area contributed by atoms with E-state index in [1.807, 2.05) is 35.0 Å². The number of nitrogens with one attached hydrogen (secondary N) is 2. The van der Waals surface area contributed by atoms with Crippen LogP contribution in [0.15, 0.2) is 73.1 Å². The second-order valence-electron chi connectivity index (χ2n) is 8.65. The molecule has 0 atom stereocenters. The SMILES string of the molecule is COc1cc(NC(=O)c2nn(-c3ccccc3)c3c2CCCCC3)ccc1NC(=O)c1cccnc1. The monoisotopic (exact) mass is 481 g/mol. The third-order valence-electron chi connectivity index (χ3n) is 6.28. The van der Waals surface area contributed by atoms with Gasteiger partial charge in [-0.15, -0.1) is 0 Å². The van der Waals surface area contributed by atoms with Crippen molar-refractivity contribution in [3.63, 3.8) is 0 Å². The van der Waals surface area contributed by atoms with Gasteiger partial charge in [-0.25, -0.2) is 4.68 Å². The molecule has 2 amide bonds. The van der Waals surface area contributed by atoms with Crippen LogP contribution in [0.3, 0.4) is 0 Å². The Kier molecular flexibility index (Phi) is 6.75. The molecule has 0 unspecified atom stereocenters. The normalized spacial score (nSPS) is 12.8. The number of hydrogen-bond acceptors (Lipinski definition) is 5. The van der Waals surface area contributed by atoms with Gasteiger partial charge in [0.2, 0.25) is 0 Å². The Hall–Kier alpha value is -4.46. The first-order valence-electron chi connectivity index (χ1n) is 12.0. The summed E-state index contributed by atoms with van der Waals surface area (Å²) in [5.74, 6) is -0.136. The number of methoxy groups -OCH3 is 1. The highest BCUT2D eigenvalue weighted by atomic mass is 16.5. The highest BCUT2D eigenvalue weighted by Crippen LogP contribution is 2.30. The van der Waals surface area contributed by atoms with E-state index in [0.29, 0.717) is 28.4 Å². The number of pyridine rings is 1. The summed E-state index contributed by atoms with van der Waals surface area (Å²) in [6, 6.07) is 18.4. The highest BCUT2D eigenvalue weighted by molar-refractivity contribution is 6.06. The van der Waals surface area contributed by atoms with Gasteiger partial charge in [0.15, 0.2) is 5.69 Å². The molecule has 0 aliphatic heterocycles. The Morgan fingerprint density at radius 3 is 2.53 bits per heavy atom. The van der Waals surface area contributed by atoms with Crippen LogP contribution in [0.1, 0.15) is 51.4 Å². The van der Waals surface area contributed by atoms with Crippen LogP contribution < -0.4 is 15.4 Å². The Labute approximate surface area is 209 Å². The van der Waals surface area contributed by atoms with Gasteiger partial charge in [0.25, 0.3) is 11.8 Å². The average Bonchev–Trinajstić information content (AvgIpc) is 3.11. The standard InChI is InChI=1S/C28H27N5O3/c1-36-25-17-20(14-15-23(25)31-27(34)19-9-8-16-29-18-19)30-28(35)26-22-12-6-3-7-13-24(22)33(32-26)21-10-4-2-5-11-21/h2,4-5,8-11,14-18H,3,6-7,12-13H2,1H3,(H,30,35)(H,31,34). The van der Waals surface area contributed by atoms with Crippen LogP contribution in [0.25, 0.3) is 5.69 Å². The number of rotatable bonds is 6. The van der Waals surface area contributed by atoms with E-state index in [0.717, 1.165) is 49.0 Å². The molecule has 0 fully saturated rings. The van der Waals surface area contributed by atoms with Crippen molar-refractivity contribution in [3.8, 4) is 11.4 Å². The summed E-state index contributed by atoms with van der Waals surface area (Å²) in [4.78, 5) is 29.9. The number of anilines is 2. The van der Waals surface area contributed by atoms with Crippen molar-refractivity contribution in [2.45, 2.75) is 32.1 Å². The first-order chi connectivity index (χ1) is 17.6. The second kappa shape index (κ2) is 10.4. The van der Waals surface area contributed by atoms with Crippen LogP contribution in [0.5, 0.6) is 5.75 Å². The Balaban J connectivity index is 1.40. The molecule has 2 aromatic carbocycles. The fraction of sp³-hybridized carbons (Fsp3) is 0.214. The zero-order chi connectivity index (χ0) is 24.9. The summed E-state index contributed by atoms with van der Waals surface area (Å²) in [6.45, 7) is 0. The van der Waals surface area contributed by atoms with E-state index in [1.54, 1.807) is 36.5 Å². The lowest BCUT2D eigenvalue weighted by molar-refractivity contribution is 0.101. The molecule has 2 N–H and O–H groups in total. The minimum absolute atomic E-state index is 0.267. The third-order valence-corrected chi connectivity index (χ3v) is 6.28. The minimum Gasteiger partial charge on any atom is -0.494 e. The minimum atomic E-state index is -0.299. The van der Waals surface area contributed by atoms with Gasteiger partial charge in [-0.1, -0.05) is 24.6 Å². The predicted octanol–water partition coefficient (Wildman–Crippen LogP) is 5.05. The van der Waals surface area contributed by atoms with Gasteiger partial charge in [-0.3, -0.25) is 14.6 Å². The van der Waals surface area contributed by atoms with Gasteiger partial charge in [0.1, 0.15) is 5.75 Å². The summed E-state index contributed by atoms with van der Waals surface area (Å²) in [5.41, 5.74) is 5.00. The summed E-state index contributed by atoms with van der Waals surface area (Å²) in [5, 5.41) is 10.5. The molecule has 8 heteroatoms. The van der Waals surface area contributed by atoms with Crippen LogP contribution in [0.4, 0.5) is 11.4 Å². The van der Waals surface area contributed by atoms with Crippen LogP contribution in [0.2, 0.25) is 0 Å². The molecular formula is C28H27N5O3. The fourth-order valence-corrected chi connectivity index (χ4v) is 4.50. The molecule has 182 valence electrons. The van der Waals surface area contributed by atoms with Gasteiger partial charge >= 0.3 is 0 Å². The Morgan fingerprint density at radius 2 is 1.75 bits per heavy atom. The zero-order valence-electron chi connectivity index (χ0n) is 20.0. The number of nitrogens with zero attached hydrogens (tertiary/aromatic N) is 3. The van der Waals surface area contributed by atoms with Gasteiger partial charge in [-0.05, 0) is 62.1 Å². The zero-order valence-corrected chi connectivity index (χ0v) is 20.0. The number of carbonyl (C=O) groups excluding carboxylic acids is 2. The van der Waals surface area contributed by atoms with E-state index in [1.165, 1.54) is 13.3 Å². The molecule has 0 saturated carbocycles. The molecular weight excluding hydrogens is 454 g/mol. The van der Waals surface area contributed by atoms with Crippen molar-refractivity contribution in [1.29, 1.82) is 0 Å². The van der Waals surface area contributed by atoms with Gasteiger partial charge in [0, 0.05) is 35.4 Å². The molecule has 0 radical (unpaired) electrons. The molecule has 5 rings (SSSR count). The van der Waals surface area contributed by atoms with Gasteiger partial charge in [0.05, 0.1) is 24.0 Å². The molecule has 2 aromatic heterocycles. The number of hydrogen-bond donors (Lipinski definition) is 2. The van der Waals surface area contributed by atoms with Crippen molar-refractivity contribution < 1.29 is 14.3 Å². The maximum Gasteiger partial charge on any atom is 0.276 e. The van der Waals surface area contributed by atoms with E-state index < -0.39 is 0 Å². The largest absolute Gasteiger partial charge is 0.494 e. The maximum atomic E-state index is 13.4. The molecule has 1 aliphatic carbocycles. The number of fused-ring (bicyclic) bond motifs is 1. The molecule has 0 saturated heterocycles. The topological polar surface area (TPSA) is 98.1 Å². The molecule has 36 heavy (non-hydrogen) atoms. The summed E-state index contributed by atoms with van der Waals surface area (Å²) in [6.07, 6.45) is 8.07. The lowest BCUT2D eigenvalue weighted by atomic mass is 10.1. The summed E-state index contributed by atoms with van der Waals surface area (Å²) in [7, 11) is 1.52. The quantitative estimate of drug-likeness (QED) is 0.376. The van der Waals surface area contributed by atoms with E-state index in [9.17, 15) is 9.59 Å². The first-order valence-corrected chi connectivity index (χ1v) is 12.0. The van der Waals surface area contributed by atoms with E-state index in [4.69, 9.17) is 9.84 Å². The molecule has 1 aliphatic rings. The van der Waals surface area contributed by atoms with Crippen molar-refractivity contribution >= 4 is 23.2 Å². The van der Waals surface area contributed by atoms with Crippen molar-refractivity contribution in [1.82, 2.24) is 14.8 Å². The first kappa shape index (κ1) is 23.3. The average molecular weight is 482 g/mol. The lowest BCUT2D eigenvalue weighted by Gasteiger charge is -2.12. The highest BCUT2D eigenvalue weighted by Gasteiger charge is 2.25. The molecule has 2 heterocycles. The summed E-state index contributed by atoms with van der Waals surface area (Å²) >= 11 is 0. The fourth-order valence-electron chi connectivity index (χ4n) is 4.50. The smallest absolute Gasteiger partial charge is 0.276 e. The van der Waals surface area contributed by atoms with Crippen LogP contribution in [-0.4, -0.2) is 33.7 Å². The maximum absolute atomic E-state index is 13.4. The van der Waals surface area contributed by atoms with E-state index in [-0.39, 0.29) is 11.8 Å². The van der Waals surface area contributed by atoms with Gasteiger partial charge < -0.3 is 15.4 Å². The Bertz CT molecular complexity index is 1380. The number of benzene rings is 2. The molecule has 0 bridgehead atoms. The lowest BCUT2D eigenvalue weighted by Crippen LogP contribution is -2.16. The third kappa shape index (κ3) is 4.84.